The fourth-order valence-electron chi connectivity index (χ4n) is 3.33. The molecule has 0 aliphatic carbocycles. The number of carbonyl (C=O) groups excluding carboxylic acids is 1. The first-order valence-corrected chi connectivity index (χ1v) is 8.03. The Morgan fingerprint density at radius 2 is 1.88 bits per heavy atom. The molecule has 3 aromatic rings. The number of rotatable bonds is 4. The van der Waals surface area contributed by atoms with Crippen LogP contribution < -0.4 is 14.2 Å². The molecule has 134 valence electrons. The molecule has 0 unspecified atom stereocenters. The zero-order valence-electron chi connectivity index (χ0n) is 14.3. The molecule has 0 saturated carbocycles. The molecule has 26 heavy (non-hydrogen) atoms. The van der Waals surface area contributed by atoms with Crippen molar-refractivity contribution in [2.45, 2.75) is 6.54 Å². The molecular formula is C19H17NO6. The maximum absolute atomic E-state index is 13.2. The average Bonchev–Trinajstić information content (AvgIpc) is 3.23. The molecule has 1 aromatic heterocycles. The summed E-state index contributed by atoms with van der Waals surface area (Å²) in [5.74, 6) is 0.192. The third kappa shape index (κ3) is 2.17. The number of aromatic hydroxyl groups is 2. The summed E-state index contributed by atoms with van der Waals surface area (Å²) < 4.78 is 17.9. The van der Waals surface area contributed by atoms with Crippen molar-refractivity contribution in [1.29, 1.82) is 0 Å². The van der Waals surface area contributed by atoms with Crippen LogP contribution in [0.25, 0.3) is 10.9 Å². The molecule has 0 amide bonds. The van der Waals surface area contributed by atoms with E-state index in [1.54, 1.807) is 35.9 Å². The van der Waals surface area contributed by atoms with Crippen molar-refractivity contribution in [3.8, 4) is 28.9 Å². The number of hydrogen-bond acceptors (Lipinski definition) is 6. The Labute approximate surface area is 148 Å². The highest BCUT2D eigenvalue weighted by molar-refractivity contribution is 6.19. The lowest BCUT2D eigenvalue weighted by atomic mass is 10.0. The van der Waals surface area contributed by atoms with Gasteiger partial charge in [0.05, 0.1) is 31.8 Å². The number of nitrogens with zero attached hydrogens (tertiary/aromatic N) is 1. The van der Waals surface area contributed by atoms with Crippen LogP contribution >= 0.6 is 0 Å². The molecule has 0 bridgehead atoms. The zero-order chi connectivity index (χ0) is 18.4. The average molecular weight is 355 g/mol. The van der Waals surface area contributed by atoms with Crippen molar-refractivity contribution in [3.63, 3.8) is 0 Å². The third-order valence-corrected chi connectivity index (χ3v) is 4.54. The molecule has 0 spiro atoms. The normalized spacial score (nSPS) is 12.7. The van der Waals surface area contributed by atoms with E-state index < -0.39 is 0 Å². The monoisotopic (exact) mass is 355 g/mol. The molecule has 7 heteroatoms. The summed E-state index contributed by atoms with van der Waals surface area (Å²) in [5.41, 5.74) is 1.31. The van der Waals surface area contributed by atoms with E-state index in [0.717, 1.165) is 0 Å². The largest absolute Gasteiger partial charge is 0.504 e. The number of phenols is 2. The van der Waals surface area contributed by atoms with E-state index in [-0.39, 0.29) is 23.0 Å². The molecule has 4 rings (SSSR count). The lowest BCUT2D eigenvalue weighted by Crippen LogP contribution is -2.03. The highest BCUT2D eigenvalue weighted by Crippen LogP contribution is 2.48. The molecule has 0 atom stereocenters. The number of benzene rings is 2. The van der Waals surface area contributed by atoms with E-state index in [2.05, 4.69) is 0 Å². The van der Waals surface area contributed by atoms with Crippen LogP contribution in [0.3, 0.4) is 0 Å². The molecule has 0 saturated heterocycles. The van der Waals surface area contributed by atoms with Crippen LogP contribution in [0.4, 0.5) is 0 Å². The van der Waals surface area contributed by atoms with Gasteiger partial charge in [-0.15, -0.1) is 0 Å². The summed E-state index contributed by atoms with van der Waals surface area (Å²) in [4.78, 5) is 13.2. The zero-order valence-corrected chi connectivity index (χ0v) is 14.3. The van der Waals surface area contributed by atoms with Crippen LogP contribution in [0, 0.1) is 0 Å². The molecule has 7 nitrogen and oxygen atoms in total. The van der Waals surface area contributed by atoms with Crippen LogP contribution in [-0.4, -0.2) is 41.4 Å². The van der Waals surface area contributed by atoms with Gasteiger partial charge in [0.25, 0.3) is 0 Å². The standard InChI is InChI=1S/C19H17NO6/c1-24-11-5-3-10(4-6-11)16(22)14-12-9-13(21)17(23)18(25-2)15(12)20-7-8-26-19(14)20/h3-6,9,21,23H,7-8H2,1-2H3. The van der Waals surface area contributed by atoms with E-state index in [1.165, 1.54) is 13.2 Å². The van der Waals surface area contributed by atoms with Gasteiger partial charge in [-0.2, -0.15) is 0 Å². The van der Waals surface area contributed by atoms with Gasteiger partial charge in [-0.25, -0.2) is 0 Å². The first-order valence-electron chi connectivity index (χ1n) is 8.03. The molecule has 0 fully saturated rings. The topological polar surface area (TPSA) is 90.2 Å². The van der Waals surface area contributed by atoms with Gasteiger partial charge in [0.15, 0.2) is 17.3 Å². The lowest BCUT2D eigenvalue weighted by Gasteiger charge is -2.09. The van der Waals surface area contributed by atoms with E-state index in [4.69, 9.17) is 14.2 Å². The fourth-order valence-corrected chi connectivity index (χ4v) is 3.33. The van der Waals surface area contributed by atoms with Crippen molar-refractivity contribution >= 4 is 16.7 Å². The number of hydrogen-bond donors (Lipinski definition) is 2. The van der Waals surface area contributed by atoms with Crippen molar-refractivity contribution in [1.82, 2.24) is 4.57 Å². The second-order valence-corrected chi connectivity index (χ2v) is 5.91. The Kier molecular flexibility index (Phi) is 3.64. The summed E-state index contributed by atoms with van der Waals surface area (Å²) in [5, 5.41) is 20.6. The van der Waals surface area contributed by atoms with Crippen molar-refractivity contribution in [2.24, 2.45) is 0 Å². The fraction of sp³-hybridized carbons (Fsp3) is 0.211. The van der Waals surface area contributed by atoms with Gasteiger partial charge in [-0.1, -0.05) is 0 Å². The predicted octanol–water partition coefficient (Wildman–Crippen LogP) is 2.69. The Bertz CT molecular complexity index is 1020. The summed E-state index contributed by atoms with van der Waals surface area (Å²) in [6.45, 7) is 0.932. The number of aromatic nitrogens is 1. The van der Waals surface area contributed by atoms with Crippen LogP contribution in [0.2, 0.25) is 0 Å². The quantitative estimate of drug-likeness (QED) is 0.552. The molecule has 1 aliphatic rings. The number of fused-ring (bicyclic) bond motifs is 3. The van der Waals surface area contributed by atoms with Crippen molar-refractivity contribution < 1.29 is 29.2 Å². The minimum absolute atomic E-state index is 0.112. The van der Waals surface area contributed by atoms with Crippen LogP contribution in [0.15, 0.2) is 30.3 Å². The molecule has 1 aliphatic heterocycles. The molecule has 2 N–H and O–H groups in total. The number of carbonyl (C=O) groups is 1. The predicted molar refractivity (Wildman–Crippen MR) is 93.7 cm³/mol. The molecule has 0 radical (unpaired) electrons. The summed E-state index contributed by atoms with van der Waals surface area (Å²) in [6.07, 6.45) is 0. The highest BCUT2D eigenvalue weighted by Gasteiger charge is 2.31. The SMILES string of the molecule is COc1ccc(C(=O)c2c3n(c4c(OC)c(O)c(O)cc24)CCO3)cc1. The van der Waals surface area contributed by atoms with Crippen molar-refractivity contribution in [3.05, 3.63) is 41.5 Å². The summed E-state index contributed by atoms with van der Waals surface area (Å²) >= 11 is 0. The molecule has 2 aromatic carbocycles. The number of phenolic OH excluding ortho intramolecular Hbond substituents is 2. The van der Waals surface area contributed by atoms with Gasteiger partial charge in [0.2, 0.25) is 11.6 Å². The third-order valence-electron chi connectivity index (χ3n) is 4.54. The maximum atomic E-state index is 13.2. The van der Waals surface area contributed by atoms with E-state index in [1.807, 2.05) is 0 Å². The summed E-state index contributed by atoms with van der Waals surface area (Å²) in [6, 6.07) is 8.11. The van der Waals surface area contributed by atoms with Gasteiger partial charge in [-0.05, 0) is 30.3 Å². The van der Waals surface area contributed by atoms with Gasteiger partial charge in [0, 0.05) is 10.9 Å². The van der Waals surface area contributed by atoms with Crippen LogP contribution in [0.1, 0.15) is 15.9 Å². The minimum Gasteiger partial charge on any atom is -0.504 e. The van der Waals surface area contributed by atoms with E-state index >= 15 is 0 Å². The second-order valence-electron chi connectivity index (χ2n) is 5.91. The Morgan fingerprint density at radius 3 is 2.54 bits per heavy atom. The molecular weight excluding hydrogens is 338 g/mol. The Morgan fingerprint density at radius 1 is 1.15 bits per heavy atom. The van der Waals surface area contributed by atoms with Gasteiger partial charge in [0.1, 0.15) is 12.4 Å². The summed E-state index contributed by atoms with van der Waals surface area (Å²) in [7, 11) is 2.95. The Balaban J connectivity index is 1.97. The van der Waals surface area contributed by atoms with Gasteiger partial charge < -0.3 is 29.0 Å². The van der Waals surface area contributed by atoms with Crippen LogP contribution in [-0.2, 0) is 6.54 Å². The first-order chi connectivity index (χ1) is 12.6. The number of ketones is 1. The molecule has 2 heterocycles. The number of ether oxygens (including phenoxy) is 3. The lowest BCUT2D eigenvalue weighted by molar-refractivity contribution is 0.103. The second kappa shape index (κ2) is 5.87. The maximum Gasteiger partial charge on any atom is 0.206 e. The van der Waals surface area contributed by atoms with Crippen molar-refractivity contribution in [2.75, 3.05) is 20.8 Å². The first kappa shape index (κ1) is 16.1. The number of methoxy groups -OCH3 is 2. The minimum atomic E-state index is -0.365. The van der Waals surface area contributed by atoms with Gasteiger partial charge in [-0.3, -0.25) is 4.79 Å². The Hall–Kier alpha value is -3.35. The van der Waals surface area contributed by atoms with Crippen LogP contribution in [0.5, 0.6) is 28.9 Å². The van der Waals surface area contributed by atoms with E-state index in [9.17, 15) is 15.0 Å². The van der Waals surface area contributed by atoms with E-state index in [0.29, 0.717) is 46.8 Å². The highest BCUT2D eigenvalue weighted by atomic mass is 16.5. The van der Waals surface area contributed by atoms with Gasteiger partial charge >= 0.3 is 0 Å². The smallest absolute Gasteiger partial charge is 0.206 e.